The van der Waals surface area contributed by atoms with Gasteiger partial charge in [0.05, 0.1) is 16.5 Å². The molecule has 1 atom stereocenters. The second-order valence-electron chi connectivity index (χ2n) is 5.23. The lowest BCUT2D eigenvalue weighted by molar-refractivity contribution is -0.134. The molecule has 0 spiro atoms. The standard InChI is InChI=1S/C14H15ClFNO5S/c1-17(9-5-6-23(20,21)8-9)12(18)7-22-14(19)13-10(15)3-2-4-11(13)16/h2-4,9H,5-8H2,1H3. The van der Waals surface area contributed by atoms with E-state index < -0.39 is 45.7 Å². The van der Waals surface area contributed by atoms with Gasteiger partial charge in [0.2, 0.25) is 0 Å². The fourth-order valence-electron chi connectivity index (χ4n) is 2.28. The highest BCUT2D eigenvalue weighted by molar-refractivity contribution is 7.91. The average molecular weight is 364 g/mol. The van der Waals surface area contributed by atoms with Gasteiger partial charge in [0.25, 0.3) is 5.91 Å². The minimum atomic E-state index is -3.13. The van der Waals surface area contributed by atoms with Crippen LogP contribution >= 0.6 is 11.6 Å². The number of carbonyl (C=O) groups is 2. The number of amides is 1. The first kappa shape index (κ1) is 17.7. The quantitative estimate of drug-likeness (QED) is 0.753. The molecule has 1 aliphatic heterocycles. The number of carbonyl (C=O) groups excluding carboxylic acids is 2. The predicted molar refractivity (Wildman–Crippen MR) is 81.5 cm³/mol. The Morgan fingerprint density at radius 3 is 2.70 bits per heavy atom. The number of ether oxygens (including phenoxy) is 1. The van der Waals surface area contributed by atoms with Crippen LogP contribution in [-0.2, 0) is 19.4 Å². The monoisotopic (exact) mass is 363 g/mol. The summed E-state index contributed by atoms with van der Waals surface area (Å²) in [5, 5.41) is -0.113. The summed E-state index contributed by atoms with van der Waals surface area (Å²) < 4.78 is 41.2. The van der Waals surface area contributed by atoms with E-state index in [2.05, 4.69) is 0 Å². The molecular weight excluding hydrogens is 349 g/mol. The molecule has 0 N–H and O–H groups in total. The summed E-state index contributed by atoms with van der Waals surface area (Å²) in [6, 6.07) is 3.29. The molecule has 1 aromatic rings. The Morgan fingerprint density at radius 1 is 1.43 bits per heavy atom. The van der Waals surface area contributed by atoms with Gasteiger partial charge in [-0.1, -0.05) is 17.7 Å². The first-order valence-electron chi connectivity index (χ1n) is 6.78. The molecule has 1 amide bonds. The number of esters is 1. The Balaban J connectivity index is 1.95. The van der Waals surface area contributed by atoms with Gasteiger partial charge in [-0.3, -0.25) is 4.79 Å². The van der Waals surface area contributed by atoms with Gasteiger partial charge in [-0.2, -0.15) is 0 Å². The highest BCUT2D eigenvalue weighted by atomic mass is 35.5. The maximum absolute atomic E-state index is 13.6. The molecule has 9 heteroatoms. The van der Waals surface area contributed by atoms with Crippen LogP contribution in [0.5, 0.6) is 0 Å². The summed E-state index contributed by atoms with van der Waals surface area (Å²) in [5.74, 6) is -2.53. The molecule has 0 saturated carbocycles. The van der Waals surface area contributed by atoms with Crippen molar-refractivity contribution in [2.75, 3.05) is 25.2 Å². The van der Waals surface area contributed by atoms with E-state index in [9.17, 15) is 22.4 Å². The van der Waals surface area contributed by atoms with Crippen LogP contribution in [0.1, 0.15) is 16.8 Å². The lowest BCUT2D eigenvalue weighted by Crippen LogP contribution is -2.40. The molecule has 23 heavy (non-hydrogen) atoms. The molecule has 6 nitrogen and oxygen atoms in total. The first-order chi connectivity index (χ1) is 10.7. The van der Waals surface area contributed by atoms with E-state index in [4.69, 9.17) is 16.3 Å². The third-order valence-corrected chi connectivity index (χ3v) is 5.71. The van der Waals surface area contributed by atoms with E-state index in [0.29, 0.717) is 6.42 Å². The minimum absolute atomic E-state index is 0.0277. The normalized spacial score (nSPS) is 19.3. The second-order valence-corrected chi connectivity index (χ2v) is 7.87. The third-order valence-electron chi connectivity index (χ3n) is 3.64. The van der Waals surface area contributed by atoms with Gasteiger partial charge in [-0.05, 0) is 18.6 Å². The lowest BCUT2D eigenvalue weighted by atomic mass is 10.2. The van der Waals surface area contributed by atoms with Gasteiger partial charge >= 0.3 is 5.97 Å². The molecule has 0 aliphatic carbocycles. The van der Waals surface area contributed by atoms with E-state index in [1.54, 1.807) is 0 Å². The van der Waals surface area contributed by atoms with Crippen LogP contribution in [0.2, 0.25) is 5.02 Å². The largest absolute Gasteiger partial charge is 0.452 e. The molecule has 0 aromatic heterocycles. The number of nitrogens with zero attached hydrogens (tertiary/aromatic N) is 1. The molecule has 0 bridgehead atoms. The summed E-state index contributed by atoms with van der Waals surface area (Å²) in [7, 11) is -1.69. The number of hydrogen-bond acceptors (Lipinski definition) is 5. The minimum Gasteiger partial charge on any atom is -0.452 e. The zero-order valence-electron chi connectivity index (χ0n) is 12.3. The van der Waals surface area contributed by atoms with E-state index in [0.717, 1.165) is 6.07 Å². The molecule has 1 aliphatic rings. The third kappa shape index (κ3) is 4.20. The molecular formula is C14H15ClFNO5S. The Morgan fingerprint density at radius 2 is 2.13 bits per heavy atom. The van der Waals surface area contributed by atoms with Crippen molar-refractivity contribution >= 4 is 33.3 Å². The van der Waals surface area contributed by atoms with Gasteiger partial charge in [-0.15, -0.1) is 0 Å². The molecule has 1 fully saturated rings. The number of rotatable bonds is 4. The summed E-state index contributed by atoms with van der Waals surface area (Å²) in [6.45, 7) is -0.615. The van der Waals surface area contributed by atoms with Crippen LogP contribution in [0.25, 0.3) is 0 Å². The summed E-state index contributed by atoms with van der Waals surface area (Å²) >= 11 is 5.73. The fraction of sp³-hybridized carbons (Fsp3) is 0.429. The van der Waals surface area contributed by atoms with E-state index in [1.807, 2.05) is 0 Å². The number of likely N-dealkylation sites (N-methyl/N-ethyl adjacent to an activating group) is 1. The van der Waals surface area contributed by atoms with Crippen LogP contribution in [0, 0.1) is 5.82 Å². The molecule has 1 saturated heterocycles. The zero-order valence-corrected chi connectivity index (χ0v) is 13.9. The average Bonchev–Trinajstić information content (AvgIpc) is 2.84. The molecule has 1 aromatic carbocycles. The van der Waals surface area contributed by atoms with E-state index >= 15 is 0 Å². The number of benzene rings is 1. The van der Waals surface area contributed by atoms with Crippen LogP contribution in [0.4, 0.5) is 4.39 Å². The van der Waals surface area contributed by atoms with Crippen molar-refractivity contribution in [1.29, 1.82) is 0 Å². The summed E-state index contributed by atoms with van der Waals surface area (Å²) in [4.78, 5) is 25.0. The van der Waals surface area contributed by atoms with Crippen LogP contribution < -0.4 is 0 Å². The molecule has 0 radical (unpaired) electrons. The molecule has 1 unspecified atom stereocenters. The Labute approximate surface area is 138 Å². The number of sulfone groups is 1. The van der Waals surface area contributed by atoms with E-state index in [1.165, 1.54) is 24.1 Å². The molecule has 126 valence electrons. The predicted octanol–water partition coefficient (Wildman–Crippen LogP) is 1.28. The zero-order chi connectivity index (χ0) is 17.2. The van der Waals surface area contributed by atoms with Crippen molar-refractivity contribution in [2.24, 2.45) is 0 Å². The highest BCUT2D eigenvalue weighted by Gasteiger charge is 2.33. The second kappa shape index (κ2) is 6.84. The van der Waals surface area contributed by atoms with Crippen molar-refractivity contribution in [2.45, 2.75) is 12.5 Å². The van der Waals surface area contributed by atoms with Gasteiger partial charge in [0.15, 0.2) is 16.4 Å². The molecule has 2 rings (SSSR count). The summed E-state index contributed by atoms with van der Waals surface area (Å²) in [5.41, 5.74) is -0.437. The number of halogens is 2. The SMILES string of the molecule is CN(C(=O)COC(=O)c1c(F)cccc1Cl)C1CCS(=O)(=O)C1. The Kier molecular flexibility index (Phi) is 5.26. The topological polar surface area (TPSA) is 80.8 Å². The highest BCUT2D eigenvalue weighted by Crippen LogP contribution is 2.20. The van der Waals surface area contributed by atoms with Crippen LogP contribution in [-0.4, -0.2) is 56.4 Å². The van der Waals surface area contributed by atoms with Crippen LogP contribution in [0.3, 0.4) is 0 Å². The lowest BCUT2D eigenvalue weighted by Gasteiger charge is -2.23. The first-order valence-corrected chi connectivity index (χ1v) is 8.98. The van der Waals surface area contributed by atoms with Crippen molar-refractivity contribution in [3.8, 4) is 0 Å². The maximum atomic E-state index is 13.6. The molecule has 1 heterocycles. The van der Waals surface area contributed by atoms with Gasteiger partial charge in [0, 0.05) is 13.1 Å². The maximum Gasteiger partial charge on any atom is 0.343 e. The van der Waals surface area contributed by atoms with Crippen molar-refractivity contribution < 1.29 is 27.1 Å². The van der Waals surface area contributed by atoms with Crippen LogP contribution in [0.15, 0.2) is 18.2 Å². The summed E-state index contributed by atoms with van der Waals surface area (Å²) in [6.07, 6.45) is 0.345. The fourth-order valence-corrected chi connectivity index (χ4v) is 4.29. The van der Waals surface area contributed by atoms with E-state index in [-0.39, 0.29) is 16.5 Å². The van der Waals surface area contributed by atoms with Gasteiger partial charge in [0.1, 0.15) is 11.4 Å². The Hall–Kier alpha value is -1.67. The van der Waals surface area contributed by atoms with Crippen molar-refractivity contribution in [3.05, 3.63) is 34.6 Å². The Bertz CT molecular complexity index is 716. The van der Waals surface area contributed by atoms with Gasteiger partial charge < -0.3 is 9.64 Å². The van der Waals surface area contributed by atoms with Crippen molar-refractivity contribution in [1.82, 2.24) is 4.90 Å². The van der Waals surface area contributed by atoms with Gasteiger partial charge in [-0.25, -0.2) is 17.6 Å². The number of hydrogen-bond donors (Lipinski definition) is 0. The smallest absolute Gasteiger partial charge is 0.343 e. The van der Waals surface area contributed by atoms with Crippen molar-refractivity contribution in [3.63, 3.8) is 0 Å².